The zero-order chi connectivity index (χ0) is 17.4. The second kappa shape index (κ2) is 9.45. The van der Waals surface area contributed by atoms with Gasteiger partial charge in [0.1, 0.15) is 0 Å². The number of amides is 1. The molecule has 0 fully saturated rings. The molecule has 0 aliphatic carbocycles. The summed E-state index contributed by atoms with van der Waals surface area (Å²) in [5.41, 5.74) is 2.10. The number of carbonyl (C=O) groups is 1. The van der Waals surface area contributed by atoms with Crippen LogP contribution < -0.4 is 0 Å². The van der Waals surface area contributed by atoms with Gasteiger partial charge in [-0.1, -0.05) is 22.0 Å². The maximum atomic E-state index is 12.6. The normalized spacial score (nSPS) is 10.2. The highest BCUT2D eigenvalue weighted by Crippen LogP contribution is 2.25. The SMILES string of the molecule is Cc1cc(Br)ccc1SCC(=O)N(CCC#N)Cc1cccnc1. The van der Waals surface area contributed by atoms with Gasteiger partial charge < -0.3 is 4.90 Å². The lowest BCUT2D eigenvalue weighted by molar-refractivity contribution is -0.128. The Balaban J connectivity index is 2.00. The Kier molecular flexibility index (Phi) is 7.29. The molecule has 4 nitrogen and oxygen atoms in total. The molecule has 2 rings (SSSR count). The number of thioether (sulfide) groups is 1. The van der Waals surface area contributed by atoms with E-state index in [0.29, 0.717) is 25.3 Å². The maximum Gasteiger partial charge on any atom is 0.233 e. The van der Waals surface area contributed by atoms with Gasteiger partial charge in [-0.3, -0.25) is 9.78 Å². The Morgan fingerprint density at radius 2 is 2.25 bits per heavy atom. The van der Waals surface area contributed by atoms with Gasteiger partial charge in [0.2, 0.25) is 5.91 Å². The fourth-order valence-electron chi connectivity index (χ4n) is 2.19. The first kappa shape index (κ1) is 18.5. The summed E-state index contributed by atoms with van der Waals surface area (Å²) >= 11 is 4.97. The molecule has 1 heterocycles. The Morgan fingerprint density at radius 1 is 1.42 bits per heavy atom. The molecular formula is C18H18BrN3OS. The minimum Gasteiger partial charge on any atom is -0.337 e. The Labute approximate surface area is 155 Å². The van der Waals surface area contributed by atoms with E-state index in [9.17, 15) is 4.79 Å². The third-order valence-electron chi connectivity index (χ3n) is 3.43. The summed E-state index contributed by atoms with van der Waals surface area (Å²) in [5.74, 6) is 0.384. The lowest BCUT2D eigenvalue weighted by Crippen LogP contribution is -2.32. The first-order chi connectivity index (χ1) is 11.6. The van der Waals surface area contributed by atoms with E-state index in [2.05, 4.69) is 27.0 Å². The van der Waals surface area contributed by atoms with E-state index in [4.69, 9.17) is 5.26 Å². The average molecular weight is 404 g/mol. The standard InChI is InChI=1S/C18H18BrN3OS/c1-14-10-16(19)5-6-17(14)24-13-18(23)22(9-3-7-20)12-15-4-2-8-21-11-15/h2,4-6,8,10-11H,3,9,12-13H2,1H3. The first-order valence-corrected chi connectivity index (χ1v) is 9.30. The molecule has 0 bridgehead atoms. The predicted octanol–water partition coefficient (Wildman–Crippen LogP) is 4.19. The van der Waals surface area contributed by atoms with Crippen LogP contribution in [0.5, 0.6) is 0 Å². The van der Waals surface area contributed by atoms with Gasteiger partial charge in [0.05, 0.1) is 18.2 Å². The molecule has 0 aliphatic rings. The molecule has 6 heteroatoms. The lowest BCUT2D eigenvalue weighted by Gasteiger charge is -2.21. The van der Waals surface area contributed by atoms with Crippen molar-refractivity contribution >= 4 is 33.6 Å². The van der Waals surface area contributed by atoms with Crippen LogP contribution in [-0.2, 0) is 11.3 Å². The van der Waals surface area contributed by atoms with E-state index in [1.165, 1.54) is 11.8 Å². The number of rotatable bonds is 7. The fourth-order valence-corrected chi connectivity index (χ4v) is 3.58. The highest BCUT2D eigenvalue weighted by atomic mass is 79.9. The Morgan fingerprint density at radius 3 is 2.92 bits per heavy atom. The number of aryl methyl sites for hydroxylation is 1. The zero-order valence-electron chi connectivity index (χ0n) is 13.4. The van der Waals surface area contributed by atoms with Crippen LogP contribution in [0.4, 0.5) is 0 Å². The van der Waals surface area contributed by atoms with Crippen LogP contribution >= 0.6 is 27.7 Å². The molecule has 0 radical (unpaired) electrons. The number of hydrogen-bond donors (Lipinski definition) is 0. The summed E-state index contributed by atoms with van der Waals surface area (Å²) in [6.45, 7) is 2.94. The number of carbonyl (C=O) groups excluding carboxylic acids is 1. The number of pyridine rings is 1. The van der Waals surface area contributed by atoms with Crippen molar-refractivity contribution in [2.24, 2.45) is 0 Å². The van der Waals surface area contributed by atoms with Crippen LogP contribution in [0.1, 0.15) is 17.5 Å². The Bertz CT molecular complexity index is 731. The van der Waals surface area contributed by atoms with E-state index < -0.39 is 0 Å². The molecule has 0 atom stereocenters. The second-order valence-electron chi connectivity index (χ2n) is 5.28. The molecule has 124 valence electrons. The molecule has 0 spiro atoms. The van der Waals surface area contributed by atoms with Crippen molar-refractivity contribution in [2.75, 3.05) is 12.3 Å². The fraction of sp³-hybridized carbons (Fsp3) is 0.278. The lowest BCUT2D eigenvalue weighted by atomic mass is 10.2. The minimum absolute atomic E-state index is 0.0291. The summed E-state index contributed by atoms with van der Waals surface area (Å²) in [5, 5.41) is 8.82. The topological polar surface area (TPSA) is 57.0 Å². The first-order valence-electron chi connectivity index (χ1n) is 7.52. The van der Waals surface area contributed by atoms with E-state index in [1.54, 1.807) is 17.3 Å². The molecule has 1 aromatic heterocycles. The van der Waals surface area contributed by atoms with Crippen molar-refractivity contribution in [3.05, 3.63) is 58.3 Å². The summed E-state index contributed by atoms with van der Waals surface area (Å²) in [6.07, 6.45) is 3.78. The summed E-state index contributed by atoms with van der Waals surface area (Å²) < 4.78 is 1.03. The molecule has 1 aromatic carbocycles. The van der Waals surface area contributed by atoms with Crippen LogP contribution in [0.2, 0.25) is 0 Å². The van der Waals surface area contributed by atoms with Crippen LogP contribution in [0.3, 0.4) is 0 Å². The molecule has 0 unspecified atom stereocenters. The van der Waals surface area contributed by atoms with Crippen molar-refractivity contribution < 1.29 is 4.79 Å². The van der Waals surface area contributed by atoms with Crippen LogP contribution in [0, 0.1) is 18.3 Å². The highest BCUT2D eigenvalue weighted by molar-refractivity contribution is 9.10. The number of benzene rings is 1. The molecule has 2 aromatic rings. The highest BCUT2D eigenvalue weighted by Gasteiger charge is 2.15. The number of hydrogen-bond acceptors (Lipinski definition) is 4. The van der Waals surface area contributed by atoms with Crippen molar-refractivity contribution in [1.82, 2.24) is 9.88 Å². The Hall–Kier alpha value is -1.84. The summed E-state index contributed by atoms with van der Waals surface area (Å²) in [4.78, 5) is 19.5. The molecule has 0 saturated carbocycles. The minimum atomic E-state index is 0.0291. The number of aromatic nitrogens is 1. The van der Waals surface area contributed by atoms with Crippen molar-refractivity contribution in [1.29, 1.82) is 5.26 Å². The third kappa shape index (κ3) is 5.66. The van der Waals surface area contributed by atoms with Gasteiger partial charge in [-0.25, -0.2) is 0 Å². The van der Waals surface area contributed by atoms with Crippen LogP contribution in [-0.4, -0.2) is 28.1 Å². The summed E-state index contributed by atoms with van der Waals surface area (Å²) in [7, 11) is 0. The molecule has 0 saturated heterocycles. The predicted molar refractivity (Wildman–Crippen MR) is 99.5 cm³/mol. The van der Waals surface area contributed by atoms with Gasteiger partial charge in [0.15, 0.2) is 0 Å². The molecule has 0 aliphatic heterocycles. The smallest absolute Gasteiger partial charge is 0.233 e. The number of halogens is 1. The zero-order valence-corrected chi connectivity index (χ0v) is 15.8. The summed E-state index contributed by atoms with van der Waals surface area (Å²) in [6, 6.07) is 11.9. The van der Waals surface area contributed by atoms with Gasteiger partial charge in [-0.15, -0.1) is 11.8 Å². The number of nitriles is 1. The monoisotopic (exact) mass is 403 g/mol. The van der Waals surface area contributed by atoms with Gasteiger partial charge >= 0.3 is 0 Å². The van der Waals surface area contributed by atoms with Gasteiger partial charge in [0, 0.05) is 34.9 Å². The molecule has 1 amide bonds. The van der Waals surface area contributed by atoms with Gasteiger partial charge in [0.25, 0.3) is 0 Å². The van der Waals surface area contributed by atoms with Crippen molar-refractivity contribution in [2.45, 2.75) is 24.8 Å². The largest absolute Gasteiger partial charge is 0.337 e. The van der Waals surface area contributed by atoms with Crippen molar-refractivity contribution in [3.63, 3.8) is 0 Å². The average Bonchev–Trinajstić information content (AvgIpc) is 2.58. The molecule has 24 heavy (non-hydrogen) atoms. The number of nitrogens with zero attached hydrogens (tertiary/aromatic N) is 3. The van der Waals surface area contributed by atoms with E-state index >= 15 is 0 Å². The van der Waals surface area contributed by atoms with Gasteiger partial charge in [-0.05, 0) is 42.3 Å². The molecular weight excluding hydrogens is 386 g/mol. The van der Waals surface area contributed by atoms with E-state index in [1.807, 2.05) is 37.3 Å². The van der Waals surface area contributed by atoms with Crippen LogP contribution in [0.15, 0.2) is 52.1 Å². The van der Waals surface area contributed by atoms with E-state index in [-0.39, 0.29) is 5.91 Å². The van der Waals surface area contributed by atoms with Crippen molar-refractivity contribution in [3.8, 4) is 6.07 Å². The van der Waals surface area contributed by atoms with Gasteiger partial charge in [-0.2, -0.15) is 5.26 Å². The third-order valence-corrected chi connectivity index (χ3v) is 5.08. The van der Waals surface area contributed by atoms with E-state index in [0.717, 1.165) is 20.5 Å². The molecule has 0 N–H and O–H groups in total. The maximum absolute atomic E-state index is 12.6. The second-order valence-corrected chi connectivity index (χ2v) is 7.22. The quantitative estimate of drug-likeness (QED) is 0.650. The van der Waals surface area contributed by atoms with Crippen LogP contribution in [0.25, 0.3) is 0 Å².